The first-order chi connectivity index (χ1) is 21.0. The highest BCUT2D eigenvalue weighted by Gasteiger charge is 2.44. The van der Waals surface area contributed by atoms with Gasteiger partial charge >= 0.3 is 0 Å². The van der Waals surface area contributed by atoms with Crippen molar-refractivity contribution in [2.45, 2.75) is 75.4 Å². The van der Waals surface area contributed by atoms with Gasteiger partial charge in [-0.15, -0.1) is 0 Å². The van der Waals surface area contributed by atoms with Crippen LogP contribution in [0.4, 0.5) is 0 Å². The molecule has 0 saturated carbocycles. The van der Waals surface area contributed by atoms with Crippen LogP contribution in [0.15, 0.2) is 72.8 Å². The zero-order chi connectivity index (χ0) is 29.6. The lowest BCUT2D eigenvalue weighted by Gasteiger charge is -2.45. The number of methoxy groups -OCH3 is 1. The molecule has 0 aliphatic carbocycles. The van der Waals surface area contributed by atoms with Crippen LogP contribution in [0.1, 0.15) is 72.7 Å². The Labute approximate surface area is 259 Å². The second-order valence-electron chi connectivity index (χ2n) is 12.8. The predicted octanol–water partition coefficient (Wildman–Crippen LogP) is 7.44. The van der Waals surface area contributed by atoms with E-state index in [-0.39, 0.29) is 11.3 Å². The van der Waals surface area contributed by atoms with Crippen LogP contribution in [-0.2, 0) is 5.41 Å². The molecule has 3 fully saturated rings. The minimum absolute atomic E-state index is 0.0256. The number of imidazole rings is 1. The molecule has 3 saturated heterocycles. The Kier molecular flexibility index (Phi) is 7.68. The normalized spacial score (nSPS) is 23.5. The third-order valence-electron chi connectivity index (χ3n) is 10.6. The van der Waals surface area contributed by atoms with E-state index in [2.05, 4.69) is 71.0 Å². The first-order valence-electron chi connectivity index (χ1n) is 15.8. The van der Waals surface area contributed by atoms with Crippen LogP contribution in [0.3, 0.4) is 0 Å². The molecule has 0 spiro atoms. The Bertz CT molecular complexity index is 1600. The maximum absolute atomic E-state index is 13.6. The first-order valence-corrected chi connectivity index (χ1v) is 16.2. The molecule has 6 nitrogen and oxygen atoms in total. The number of piperidine rings is 2. The van der Waals surface area contributed by atoms with Crippen LogP contribution in [0.5, 0.6) is 5.75 Å². The fourth-order valence-corrected chi connectivity index (χ4v) is 8.58. The van der Waals surface area contributed by atoms with Crippen LogP contribution in [0, 0.1) is 6.92 Å². The molecule has 0 unspecified atom stereocenters. The van der Waals surface area contributed by atoms with Crippen molar-refractivity contribution >= 4 is 28.5 Å². The number of hydrogen-bond acceptors (Lipinski definition) is 4. The predicted molar refractivity (Wildman–Crippen MR) is 172 cm³/mol. The van der Waals surface area contributed by atoms with E-state index in [0.29, 0.717) is 34.5 Å². The summed E-state index contributed by atoms with van der Waals surface area (Å²) in [5, 5.41) is 0.571. The molecule has 2 bridgehead atoms. The highest BCUT2D eigenvalue weighted by atomic mass is 35.5. The van der Waals surface area contributed by atoms with Crippen molar-refractivity contribution < 1.29 is 9.53 Å². The average molecular weight is 597 g/mol. The maximum atomic E-state index is 13.6. The number of aryl methyl sites for hydroxylation is 1. The van der Waals surface area contributed by atoms with E-state index < -0.39 is 0 Å². The quantitative estimate of drug-likeness (QED) is 0.222. The van der Waals surface area contributed by atoms with Gasteiger partial charge in [0.1, 0.15) is 11.6 Å². The van der Waals surface area contributed by atoms with Crippen LogP contribution < -0.4 is 4.74 Å². The number of likely N-dealkylation sites (tertiary alicyclic amines) is 1. The van der Waals surface area contributed by atoms with Gasteiger partial charge in [0.15, 0.2) is 0 Å². The van der Waals surface area contributed by atoms with Gasteiger partial charge < -0.3 is 14.2 Å². The zero-order valence-corrected chi connectivity index (χ0v) is 26.0. The molecule has 224 valence electrons. The van der Waals surface area contributed by atoms with Crippen molar-refractivity contribution in [1.29, 1.82) is 0 Å². The molecule has 4 heterocycles. The largest absolute Gasteiger partial charge is 0.496 e. The van der Waals surface area contributed by atoms with Crippen molar-refractivity contribution in [3.05, 3.63) is 94.8 Å². The third-order valence-corrected chi connectivity index (χ3v) is 10.9. The lowest BCUT2D eigenvalue weighted by atomic mass is 9.70. The number of carbonyl (C=O) groups excluding carboxylic acids is 1. The molecular weight excluding hydrogens is 556 g/mol. The number of carbonyl (C=O) groups is 1. The molecule has 1 aromatic heterocycles. The van der Waals surface area contributed by atoms with Crippen LogP contribution in [-0.4, -0.2) is 64.1 Å². The van der Waals surface area contributed by atoms with Gasteiger partial charge in [0.05, 0.1) is 23.7 Å². The van der Waals surface area contributed by atoms with Crippen molar-refractivity contribution in [3.63, 3.8) is 0 Å². The summed E-state index contributed by atoms with van der Waals surface area (Å²) in [6.07, 6.45) is 8.01. The van der Waals surface area contributed by atoms with Gasteiger partial charge in [0, 0.05) is 36.2 Å². The van der Waals surface area contributed by atoms with Gasteiger partial charge in [-0.25, -0.2) is 4.98 Å². The van der Waals surface area contributed by atoms with E-state index in [1.165, 1.54) is 36.8 Å². The molecule has 0 radical (unpaired) electrons. The Hall–Kier alpha value is -3.35. The number of amides is 1. The number of ether oxygens (including phenoxy) is 1. The number of fused-ring (bicyclic) bond motifs is 3. The summed E-state index contributed by atoms with van der Waals surface area (Å²) < 4.78 is 8.02. The van der Waals surface area contributed by atoms with E-state index in [1.54, 1.807) is 25.3 Å². The SMILES string of the molecule is COc1cc(Cl)ccc1C(=O)N1CCC(CCN2[C@@H]3CC[C@H]2C[C@@H](n2c(C)nc4ccccc42)C3)(c2ccccc2)CC1. The van der Waals surface area contributed by atoms with Crippen molar-refractivity contribution in [2.24, 2.45) is 0 Å². The van der Waals surface area contributed by atoms with E-state index >= 15 is 0 Å². The number of hydrogen-bond donors (Lipinski definition) is 0. The average Bonchev–Trinajstić information content (AvgIpc) is 3.50. The van der Waals surface area contributed by atoms with E-state index in [4.69, 9.17) is 21.3 Å². The molecule has 4 aromatic rings. The monoisotopic (exact) mass is 596 g/mol. The number of rotatable bonds is 7. The second-order valence-corrected chi connectivity index (χ2v) is 13.2. The highest BCUT2D eigenvalue weighted by Crippen LogP contribution is 2.45. The van der Waals surface area contributed by atoms with Crippen LogP contribution in [0.25, 0.3) is 11.0 Å². The lowest BCUT2D eigenvalue weighted by Crippen LogP contribution is -2.49. The van der Waals surface area contributed by atoms with E-state index in [9.17, 15) is 4.79 Å². The topological polar surface area (TPSA) is 50.6 Å². The minimum Gasteiger partial charge on any atom is -0.496 e. The lowest BCUT2D eigenvalue weighted by molar-refractivity contribution is 0.0604. The Morgan fingerprint density at radius 3 is 2.37 bits per heavy atom. The summed E-state index contributed by atoms with van der Waals surface area (Å²) in [4.78, 5) is 23.3. The van der Waals surface area contributed by atoms with E-state index in [1.807, 2.05) is 4.90 Å². The van der Waals surface area contributed by atoms with Gasteiger partial charge in [-0.1, -0.05) is 54.1 Å². The van der Waals surface area contributed by atoms with Gasteiger partial charge in [-0.05, 0) is 99.7 Å². The number of halogens is 1. The van der Waals surface area contributed by atoms with Crippen LogP contribution >= 0.6 is 11.6 Å². The molecular formula is C36H41ClN4O2. The Morgan fingerprint density at radius 1 is 0.953 bits per heavy atom. The molecule has 3 atom stereocenters. The molecule has 3 aromatic carbocycles. The fourth-order valence-electron chi connectivity index (χ4n) is 8.41. The summed E-state index contributed by atoms with van der Waals surface area (Å²) in [5.74, 6) is 1.70. The molecule has 3 aliphatic heterocycles. The first kappa shape index (κ1) is 28.4. The summed E-state index contributed by atoms with van der Waals surface area (Å²) in [6, 6.07) is 26.7. The minimum atomic E-state index is 0.0256. The summed E-state index contributed by atoms with van der Waals surface area (Å²) in [6.45, 7) is 4.75. The third kappa shape index (κ3) is 5.23. The Morgan fingerprint density at radius 2 is 1.65 bits per heavy atom. The number of aromatic nitrogens is 2. The van der Waals surface area contributed by atoms with Crippen molar-refractivity contribution in [1.82, 2.24) is 19.4 Å². The highest BCUT2D eigenvalue weighted by molar-refractivity contribution is 6.30. The van der Waals surface area contributed by atoms with Gasteiger partial charge in [0.2, 0.25) is 0 Å². The summed E-state index contributed by atoms with van der Waals surface area (Å²) in [7, 11) is 1.59. The summed E-state index contributed by atoms with van der Waals surface area (Å²) >= 11 is 6.17. The molecule has 43 heavy (non-hydrogen) atoms. The number of nitrogens with zero attached hydrogens (tertiary/aromatic N) is 4. The zero-order valence-electron chi connectivity index (χ0n) is 25.2. The Balaban J connectivity index is 1.06. The van der Waals surface area contributed by atoms with Gasteiger partial charge in [0.25, 0.3) is 5.91 Å². The molecule has 7 heteroatoms. The fraction of sp³-hybridized carbons (Fsp3) is 0.444. The van der Waals surface area contributed by atoms with Crippen LogP contribution in [0.2, 0.25) is 5.02 Å². The molecule has 0 N–H and O–H groups in total. The molecule has 7 rings (SSSR count). The van der Waals surface area contributed by atoms with Crippen molar-refractivity contribution in [3.8, 4) is 5.75 Å². The molecule has 1 amide bonds. The van der Waals surface area contributed by atoms with E-state index in [0.717, 1.165) is 50.2 Å². The number of benzene rings is 3. The van der Waals surface area contributed by atoms with Crippen molar-refractivity contribution in [2.75, 3.05) is 26.7 Å². The van der Waals surface area contributed by atoms with Gasteiger partial charge in [-0.3, -0.25) is 9.69 Å². The second kappa shape index (κ2) is 11.6. The molecule has 3 aliphatic rings. The summed E-state index contributed by atoms with van der Waals surface area (Å²) in [5.41, 5.74) is 4.45. The van der Waals surface area contributed by atoms with Gasteiger partial charge in [-0.2, -0.15) is 0 Å². The smallest absolute Gasteiger partial charge is 0.257 e. The number of para-hydroxylation sites is 2. The standard InChI is InChI=1S/C36H41ClN4O2/c1-25-38-32-10-6-7-11-33(32)41(25)30-23-28-13-14-29(24-30)40(28)21-18-36(26-8-4-3-5-9-26)16-19-39(20-17-36)35(42)31-15-12-27(37)22-34(31)43-2/h3-12,15,22,28-30H,13-14,16-21,23-24H2,1-2H3/t28-,29+,30+. The maximum Gasteiger partial charge on any atom is 0.257 e.